The van der Waals surface area contributed by atoms with Crippen molar-refractivity contribution in [2.75, 3.05) is 13.2 Å². The van der Waals surface area contributed by atoms with Gasteiger partial charge < -0.3 is 10.1 Å². The van der Waals surface area contributed by atoms with E-state index < -0.39 is 0 Å². The lowest BCUT2D eigenvalue weighted by atomic mass is 10.1. The van der Waals surface area contributed by atoms with Gasteiger partial charge in [-0.05, 0) is 55.8 Å². The van der Waals surface area contributed by atoms with Gasteiger partial charge in [-0.2, -0.15) is 0 Å². The fraction of sp³-hybridized carbons (Fsp3) is 0.625. The first-order chi connectivity index (χ1) is 8.78. The van der Waals surface area contributed by atoms with Crippen molar-refractivity contribution < 1.29 is 4.74 Å². The van der Waals surface area contributed by atoms with Crippen LogP contribution in [0.4, 0.5) is 0 Å². The molecule has 1 fully saturated rings. The molecule has 1 aliphatic rings. The van der Waals surface area contributed by atoms with Crippen LogP contribution in [0.1, 0.15) is 38.7 Å². The summed E-state index contributed by atoms with van der Waals surface area (Å²) in [6.45, 7) is 7.23. The summed E-state index contributed by atoms with van der Waals surface area (Å²) in [5.41, 5.74) is 1.31. The van der Waals surface area contributed by atoms with Gasteiger partial charge in [-0.3, -0.25) is 0 Å². The molecule has 0 heterocycles. The van der Waals surface area contributed by atoms with Crippen molar-refractivity contribution in [2.24, 2.45) is 11.8 Å². The molecule has 1 N–H and O–H groups in total. The molecule has 1 aromatic carbocycles. The Morgan fingerprint density at radius 2 is 2.22 bits per heavy atom. The smallest absolute Gasteiger partial charge is 0.119 e. The van der Waals surface area contributed by atoms with Gasteiger partial charge in [0.05, 0.1) is 6.61 Å². The van der Waals surface area contributed by atoms with E-state index in [9.17, 15) is 0 Å². The molecular weight excluding hydrogens is 222 g/mol. The molecule has 0 aliphatic heterocycles. The number of rotatable bonds is 6. The van der Waals surface area contributed by atoms with E-state index in [1.54, 1.807) is 0 Å². The maximum atomic E-state index is 5.51. The molecule has 2 atom stereocenters. The van der Waals surface area contributed by atoms with Gasteiger partial charge in [-0.1, -0.05) is 25.5 Å². The van der Waals surface area contributed by atoms with E-state index in [2.05, 4.69) is 30.4 Å². The molecule has 1 aromatic rings. The Morgan fingerprint density at radius 3 is 2.94 bits per heavy atom. The third kappa shape index (κ3) is 4.02. The molecule has 2 heteroatoms. The van der Waals surface area contributed by atoms with Gasteiger partial charge in [0.2, 0.25) is 0 Å². The number of hydrogen-bond acceptors (Lipinski definition) is 2. The zero-order valence-electron chi connectivity index (χ0n) is 11.6. The van der Waals surface area contributed by atoms with Gasteiger partial charge in [0.1, 0.15) is 5.75 Å². The van der Waals surface area contributed by atoms with Gasteiger partial charge >= 0.3 is 0 Å². The highest BCUT2D eigenvalue weighted by Gasteiger charge is 2.20. The van der Waals surface area contributed by atoms with Crippen LogP contribution in [0, 0.1) is 11.8 Å². The van der Waals surface area contributed by atoms with Crippen LogP contribution in [0.3, 0.4) is 0 Å². The Hall–Kier alpha value is -1.02. The van der Waals surface area contributed by atoms with E-state index in [1.165, 1.54) is 24.8 Å². The highest BCUT2D eigenvalue weighted by molar-refractivity contribution is 5.28. The summed E-state index contributed by atoms with van der Waals surface area (Å²) in [5, 5.41) is 3.58. The van der Waals surface area contributed by atoms with Crippen LogP contribution < -0.4 is 10.1 Å². The molecule has 2 rings (SSSR count). The van der Waals surface area contributed by atoms with E-state index in [4.69, 9.17) is 4.74 Å². The summed E-state index contributed by atoms with van der Waals surface area (Å²) >= 11 is 0. The van der Waals surface area contributed by atoms with Crippen LogP contribution in [0.25, 0.3) is 0 Å². The van der Waals surface area contributed by atoms with E-state index >= 15 is 0 Å². The molecule has 0 bridgehead atoms. The summed E-state index contributed by atoms with van der Waals surface area (Å²) < 4.78 is 5.51. The first-order valence-corrected chi connectivity index (χ1v) is 7.20. The van der Waals surface area contributed by atoms with Crippen LogP contribution >= 0.6 is 0 Å². The number of ether oxygens (including phenoxy) is 1. The molecule has 0 aromatic heterocycles. The van der Waals surface area contributed by atoms with Crippen molar-refractivity contribution >= 4 is 0 Å². The Kier molecular flexibility index (Phi) is 5.06. The highest BCUT2D eigenvalue weighted by atomic mass is 16.5. The van der Waals surface area contributed by atoms with Crippen LogP contribution in [0.15, 0.2) is 24.3 Å². The largest absolute Gasteiger partial charge is 0.494 e. The molecule has 2 nitrogen and oxygen atoms in total. The maximum Gasteiger partial charge on any atom is 0.119 e. The second kappa shape index (κ2) is 6.79. The summed E-state index contributed by atoms with van der Waals surface area (Å²) in [5.74, 6) is 2.79. The van der Waals surface area contributed by atoms with Crippen LogP contribution in [-0.4, -0.2) is 13.2 Å². The van der Waals surface area contributed by atoms with Crippen molar-refractivity contribution in [1.29, 1.82) is 0 Å². The van der Waals surface area contributed by atoms with Crippen molar-refractivity contribution in [2.45, 2.75) is 39.7 Å². The van der Waals surface area contributed by atoms with Gasteiger partial charge in [-0.15, -0.1) is 0 Å². The van der Waals surface area contributed by atoms with Gasteiger partial charge in [-0.25, -0.2) is 0 Å². The number of benzene rings is 1. The SMILES string of the molecule is CCOc1cccc(CNCC2CCC(C)C2)c1. The van der Waals surface area contributed by atoms with Crippen molar-refractivity contribution in [1.82, 2.24) is 5.32 Å². The molecule has 0 radical (unpaired) electrons. The third-order valence-corrected chi connectivity index (χ3v) is 3.78. The summed E-state index contributed by atoms with van der Waals surface area (Å²) in [4.78, 5) is 0. The summed E-state index contributed by atoms with van der Waals surface area (Å²) in [6, 6.07) is 8.38. The topological polar surface area (TPSA) is 21.3 Å². The molecular formula is C16H25NO. The Morgan fingerprint density at radius 1 is 1.33 bits per heavy atom. The first-order valence-electron chi connectivity index (χ1n) is 7.20. The fourth-order valence-corrected chi connectivity index (χ4v) is 2.84. The monoisotopic (exact) mass is 247 g/mol. The predicted octanol–water partition coefficient (Wildman–Crippen LogP) is 3.61. The van der Waals surface area contributed by atoms with Crippen LogP contribution in [0.5, 0.6) is 5.75 Å². The Bertz CT molecular complexity index is 364. The van der Waals surface area contributed by atoms with Gasteiger partial charge in [0, 0.05) is 6.54 Å². The number of hydrogen-bond donors (Lipinski definition) is 1. The second-order valence-electron chi connectivity index (χ2n) is 5.50. The molecule has 100 valence electrons. The predicted molar refractivity (Wildman–Crippen MR) is 75.8 cm³/mol. The average Bonchev–Trinajstić information content (AvgIpc) is 2.76. The second-order valence-corrected chi connectivity index (χ2v) is 5.50. The molecule has 0 saturated heterocycles. The molecule has 0 amide bonds. The zero-order valence-corrected chi connectivity index (χ0v) is 11.6. The lowest BCUT2D eigenvalue weighted by molar-refractivity contribution is 0.339. The highest BCUT2D eigenvalue weighted by Crippen LogP contribution is 2.29. The first kappa shape index (κ1) is 13.4. The minimum atomic E-state index is 0.733. The lowest BCUT2D eigenvalue weighted by Crippen LogP contribution is -2.20. The van der Waals surface area contributed by atoms with E-state index in [1.807, 2.05) is 13.0 Å². The summed E-state index contributed by atoms with van der Waals surface area (Å²) in [7, 11) is 0. The van der Waals surface area contributed by atoms with Gasteiger partial charge in [0.15, 0.2) is 0 Å². The quantitative estimate of drug-likeness (QED) is 0.829. The number of nitrogens with one attached hydrogen (secondary N) is 1. The Labute approximate surface area is 111 Å². The van der Waals surface area contributed by atoms with Gasteiger partial charge in [0.25, 0.3) is 0 Å². The summed E-state index contributed by atoms with van der Waals surface area (Å²) in [6.07, 6.45) is 4.20. The molecule has 18 heavy (non-hydrogen) atoms. The van der Waals surface area contributed by atoms with E-state index in [-0.39, 0.29) is 0 Å². The average molecular weight is 247 g/mol. The Balaban J connectivity index is 1.74. The van der Waals surface area contributed by atoms with Crippen molar-refractivity contribution in [3.8, 4) is 5.75 Å². The van der Waals surface area contributed by atoms with Crippen LogP contribution in [0.2, 0.25) is 0 Å². The zero-order chi connectivity index (χ0) is 12.8. The molecule has 1 aliphatic carbocycles. The minimum Gasteiger partial charge on any atom is -0.494 e. The molecule has 1 saturated carbocycles. The lowest BCUT2D eigenvalue weighted by Gasteiger charge is -2.11. The van der Waals surface area contributed by atoms with Crippen molar-refractivity contribution in [3.63, 3.8) is 0 Å². The maximum absolute atomic E-state index is 5.51. The third-order valence-electron chi connectivity index (χ3n) is 3.78. The normalized spacial score (nSPS) is 23.2. The van der Waals surface area contributed by atoms with E-state index in [0.717, 1.165) is 37.3 Å². The molecule has 2 unspecified atom stereocenters. The van der Waals surface area contributed by atoms with Crippen LogP contribution in [-0.2, 0) is 6.54 Å². The fourth-order valence-electron chi connectivity index (χ4n) is 2.84. The molecule has 0 spiro atoms. The van der Waals surface area contributed by atoms with Crippen molar-refractivity contribution in [3.05, 3.63) is 29.8 Å². The standard InChI is InChI=1S/C16H25NO/c1-3-18-16-6-4-5-14(10-16)11-17-12-15-8-7-13(2)9-15/h4-6,10,13,15,17H,3,7-9,11-12H2,1-2H3. The minimum absolute atomic E-state index is 0.733. The van der Waals surface area contributed by atoms with E-state index in [0.29, 0.717) is 0 Å².